The van der Waals surface area contributed by atoms with Crippen molar-refractivity contribution in [1.82, 2.24) is 4.98 Å². The lowest BCUT2D eigenvalue weighted by Gasteiger charge is -2.07. The molecule has 1 heterocycles. The zero-order valence-electron chi connectivity index (χ0n) is 10.9. The first-order chi connectivity index (χ1) is 10.0. The van der Waals surface area contributed by atoms with Gasteiger partial charge in [0.15, 0.2) is 0 Å². The number of nitrogens with one attached hydrogen (secondary N) is 1. The number of methoxy groups -OCH3 is 1. The summed E-state index contributed by atoms with van der Waals surface area (Å²) in [4.78, 5) is 27.1. The number of anilines is 1. The predicted octanol–water partition coefficient (Wildman–Crippen LogP) is 2.91. The molecule has 0 unspecified atom stereocenters. The quantitative estimate of drug-likeness (QED) is 0.885. The molecule has 108 valence electrons. The van der Waals surface area contributed by atoms with Gasteiger partial charge >= 0.3 is 5.97 Å². The standard InChI is InChI=1S/C14H10ClFN2O3/c1-21-14(20)8-2-4-12(17-7-8)13(19)18-11-5-3-9(16)6-10(11)15/h2-7H,1H3,(H,18,19). The van der Waals surface area contributed by atoms with Crippen LogP contribution >= 0.6 is 11.6 Å². The van der Waals surface area contributed by atoms with Crippen LogP contribution in [-0.2, 0) is 4.74 Å². The molecule has 1 amide bonds. The highest BCUT2D eigenvalue weighted by atomic mass is 35.5. The maximum Gasteiger partial charge on any atom is 0.339 e. The number of pyridine rings is 1. The average molecular weight is 309 g/mol. The van der Waals surface area contributed by atoms with Crippen molar-refractivity contribution in [3.05, 3.63) is 58.6 Å². The van der Waals surface area contributed by atoms with E-state index in [9.17, 15) is 14.0 Å². The van der Waals surface area contributed by atoms with E-state index in [2.05, 4.69) is 15.0 Å². The summed E-state index contributed by atoms with van der Waals surface area (Å²) in [6.07, 6.45) is 1.23. The van der Waals surface area contributed by atoms with Crippen LogP contribution < -0.4 is 5.32 Å². The van der Waals surface area contributed by atoms with Crippen LogP contribution in [0.4, 0.5) is 10.1 Å². The highest BCUT2D eigenvalue weighted by molar-refractivity contribution is 6.33. The fraction of sp³-hybridized carbons (Fsp3) is 0.0714. The molecule has 0 aliphatic heterocycles. The van der Waals surface area contributed by atoms with Crippen LogP contribution in [0.5, 0.6) is 0 Å². The van der Waals surface area contributed by atoms with E-state index in [0.29, 0.717) is 0 Å². The van der Waals surface area contributed by atoms with Crippen LogP contribution in [0.3, 0.4) is 0 Å². The van der Waals surface area contributed by atoms with Crippen LogP contribution in [0.15, 0.2) is 36.5 Å². The fourth-order valence-corrected chi connectivity index (χ4v) is 1.76. The minimum atomic E-state index is -0.545. The van der Waals surface area contributed by atoms with E-state index >= 15 is 0 Å². The lowest BCUT2D eigenvalue weighted by atomic mass is 10.2. The summed E-state index contributed by atoms with van der Waals surface area (Å²) < 4.78 is 17.4. The average Bonchev–Trinajstić information content (AvgIpc) is 2.49. The van der Waals surface area contributed by atoms with Crippen LogP contribution in [0.25, 0.3) is 0 Å². The zero-order valence-corrected chi connectivity index (χ0v) is 11.6. The van der Waals surface area contributed by atoms with E-state index in [1.54, 1.807) is 0 Å². The molecule has 21 heavy (non-hydrogen) atoms. The van der Waals surface area contributed by atoms with E-state index in [4.69, 9.17) is 11.6 Å². The Morgan fingerprint density at radius 1 is 1.29 bits per heavy atom. The van der Waals surface area contributed by atoms with Gasteiger partial charge in [0, 0.05) is 6.20 Å². The Balaban J connectivity index is 2.15. The Morgan fingerprint density at radius 2 is 2.05 bits per heavy atom. The number of esters is 1. The van der Waals surface area contributed by atoms with Crippen molar-refractivity contribution >= 4 is 29.2 Å². The molecule has 0 atom stereocenters. The topological polar surface area (TPSA) is 68.3 Å². The lowest BCUT2D eigenvalue weighted by molar-refractivity contribution is 0.0600. The van der Waals surface area contributed by atoms with Crippen LogP contribution in [0.1, 0.15) is 20.8 Å². The molecule has 0 aliphatic rings. The monoisotopic (exact) mass is 308 g/mol. The predicted molar refractivity (Wildman–Crippen MR) is 74.9 cm³/mol. The van der Waals surface area contributed by atoms with Gasteiger partial charge in [-0.3, -0.25) is 9.78 Å². The molecule has 1 aromatic heterocycles. The number of aromatic nitrogens is 1. The molecule has 0 saturated heterocycles. The Labute approximate surface area is 124 Å². The van der Waals surface area contributed by atoms with Crippen molar-refractivity contribution in [2.45, 2.75) is 0 Å². The number of halogens is 2. The molecule has 0 bridgehead atoms. The van der Waals surface area contributed by atoms with Crippen molar-refractivity contribution in [2.24, 2.45) is 0 Å². The first kappa shape index (κ1) is 14.9. The van der Waals surface area contributed by atoms with Gasteiger partial charge in [-0.15, -0.1) is 0 Å². The normalized spacial score (nSPS) is 10.0. The van der Waals surface area contributed by atoms with Gasteiger partial charge in [-0.25, -0.2) is 9.18 Å². The van der Waals surface area contributed by atoms with Gasteiger partial charge in [0.25, 0.3) is 5.91 Å². The van der Waals surface area contributed by atoms with Gasteiger partial charge in [-0.05, 0) is 30.3 Å². The van der Waals surface area contributed by atoms with E-state index in [-0.39, 0.29) is 22.0 Å². The summed E-state index contributed by atoms with van der Waals surface area (Å²) >= 11 is 5.81. The molecule has 0 spiro atoms. The summed E-state index contributed by atoms with van der Waals surface area (Å²) in [6, 6.07) is 6.40. The molecular formula is C14H10ClFN2O3. The number of carbonyl (C=O) groups excluding carboxylic acids is 2. The first-order valence-electron chi connectivity index (χ1n) is 5.82. The SMILES string of the molecule is COC(=O)c1ccc(C(=O)Nc2ccc(F)cc2Cl)nc1. The first-order valence-corrected chi connectivity index (χ1v) is 6.20. The zero-order chi connectivity index (χ0) is 15.4. The minimum Gasteiger partial charge on any atom is -0.465 e. The number of carbonyl (C=O) groups is 2. The van der Waals surface area contributed by atoms with Crippen molar-refractivity contribution < 1.29 is 18.7 Å². The number of hydrogen-bond acceptors (Lipinski definition) is 4. The van der Waals surface area contributed by atoms with E-state index < -0.39 is 17.7 Å². The van der Waals surface area contributed by atoms with Crippen LogP contribution in [0, 0.1) is 5.82 Å². The third kappa shape index (κ3) is 3.55. The highest BCUT2D eigenvalue weighted by Crippen LogP contribution is 2.22. The summed E-state index contributed by atoms with van der Waals surface area (Å²) in [6.45, 7) is 0. The number of hydrogen-bond donors (Lipinski definition) is 1. The van der Waals surface area contributed by atoms with Gasteiger partial charge in [-0.1, -0.05) is 11.6 Å². The number of benzene rings is 1. The Morgan fingerprint density at radius 3 is 2.62 bits per heavy atom. The van der Waals surface area contributed by atoms with Gasteiger partial charge in [0.2, 0.25) is 0 Å². The van der Waals surface area contributed by atoms with Gasteiger partial charge in [0.1, 0.15) is 11.5 Å². The summed E-state index contributed by atoms with van der Waals surface area (Å²) in [7, 11) is 1.25. The molecule has 1 N–H and O–H groups in total. The van der Waals surface area contributed by atoms with Crippen molar-refractivity contribution in [3.63, 3.8) is 0 Å². The van der Waals surface area contributed by atoms with E-state index in [1.807, 2.05) is 0 Å². The number of rotatable bonds is 3. The van der Waals surface area contributed by atoms with E-state index in [1.165, 1.54) is 37.6 Å². The second-order valence-electron chi connectivity index (χ2n) is 4.00. The molecule has 0 aliphatic carbocycles. The van der Waals surface area contributed by atoms with Crippen molar-refractivity contribution in [1.29, 1.82) is 0 Å². The molecule has 0 saturated carbocycles. The fourth-order valence-electron chi connectivity index (χ4n) is 1.54. The van der Waals surface area contributed by atoms with Crippen molar-refractivity contribution in [3.8, 4) is 0 Å². The molecule has 2 aromatic rings. The Kier molecular flexibility index (Phi) is 4.49. The summed E-state index contributed by atoms with van der Waals surface area (Å²) in [5.74, 6) is -1.57. The third-order valence-corrected chi connectivity index (χ3v) is 2.91. The minimum absolute atomic E-state index is 0.0783. The third-order valence-electron chi connectivity index (χ3n) is 2.60. The number of nitrogens with zero attached hydrogens (tertiary/aromatic N) is 1. The largest absolute Gasteiger partial charge is 0.465 e. The second-order valence-corrected chi connectivity index (χ2v) is 4.41. The molecule has 0 radical (unpaired) electrons. The molecular weight excluding hydrogens is 299 g/mol. The highest BCUT2D eigenvalue weighted by Gasteiger charge is 2.12. The maximum atomic E-state index is 12.9. The molecule has 0 fully saturated rings. The Bertz CT molecular complexity index is 689. The summed E-state index contributed by atoms with van der Waals surface area (Å²) in [5.41, 5.74) is 0.582. The molecule has 2 rings (SSSR count). The number of ether oxygens (including phenoxy) is 1. The molecule has 7 heteroatoms. The van der Waals surface area contributed by atoms with E-state index in [0.717, 1.165) is 6.07 Å². The molecule has 1 aromatic carbocycles. The smallest absolute Gasteiger partial charge is 0.339 e. The Hall–Kier alpha value is -2.47. The second kappa shape index (κ2) is 6.32. The van der Waals surface area contributed by atoms with Gasteiger partial charge in [-0.2, -0.15) is 0 Å². The van der Waals surface area contributed by atoms with Gasteiger partial charge < -0.3 is 10.1 Å². The van der Waals surface area contributed by atoms with Crippen molar-refractivity contribution in [2.75, 3.05) is 12.4 Å². The maximum absolute atomic E-state index is 12.9. The summed E-state index contributed by atoms with van der Waals surface area (Å²) in [5, 5.41) is 2.58. The number of amides is 1. The molecule has 5 nitrogen and oxygen atoms in total. The van der Waals surface area contributed by atoms with Crippen LogP contribution in [0.2, 0.25) is 5.02 Å². The van der Waals surface area contributed by atoms with Crippen LogP contribution in [-0.4, -0.2) is 24.0 Å². The lowest BCUT2D eigenvalue weighted by Crippen LogP contribution is -2.14. The van der Waals surface area contributed by atoms with Gasteiger partial charge in [0.05, 0.1) is 23.4 Å².